The molecule has 8 heteroatoms. The maximum Gasteiger partial charge on any atom is 0.295 e. The topological polar surface area (TPSA) is 82.2 Å². The van der Waals surface area contributed by atoms with Crippen molar-refractivity contribution >= 4 is 22.4 Å². The number of nitrogens with zero attached hydrogens (tertiary/aromatic N) is 5. The Morgan fingerprint density at radius 2 is 1.64 bits per heavy atom. The first-order valence-corrected chi connectivity index (χ1v) is 11.3. The molecule has 7 nitrogen and oxygen atoms in total. The second-order valence-corrected chi connectivity index (χ2v) is 9.11. The second kappa shape index (κ2) is 7.90. The van der Waals surface area contributed by atoms with Crippen LogP contribution in [0.5, 0.6) is 0 Å². The molecule has 0 aliphatic rings. The van der Waals surface area contributed by atoms with E-state index in [4.69, 9.17) is 5.10 Å². The Hall–Kier alpha value is -3.91. The number of benzene rings is 2. The van der Waals surface area contributed by atoms with Crippen molar-refractivity contribution in [3.8, 4) is 16.9 Å². The minimum absolute atomic E-state index is 0.192. The van der Waals surface area contributed by atoms with Crippen molar-refractivity contribution in [2.45, 2.75) is 27.7 Å². The summed E-state index contributed by atoms with van der Waals surface area (Å²) >= 11 is 1.15. The van der Waals surface area contributed by atoms with Crippen LogP contribution < -0.4 is 15.7 Å². The summed E-state index contributed by atoms with van der Waals surface area (Å²) in [6.07, 6.45) is 3.73. The van der Waals surface area contributed by atoms with Gasteiger partial charge in [-0.1, -0.05) is 47.2 Å². The fourth-order valence-electron chi connectivity index (χ4n) is 4.08. The molecular weight excluding hydrogens is 434 g/mol. The van der Waals surface area contributed by atoms with Gasteiger partial charge in [-0.15, -0.1) is 0 Å². The van der Waals surface area contributed by atoms with Crippen LogP contribution in [0.2, 0.25) is 0 Å². The molecule has 3 aromatic heterocycles. The SMILES string of the molecule is Cc1cc(C)c(-c2nn(-c3ccccc3)cc2/C=c2\sc3nc(=O)c(C)nn3c2=O)c(C)c1. The van der Waals surface area contributed by atoms with Crippen molar-refractivity contribution in [1.82, 2.24) is 24.4 Å². The van der Waals surface area contributed by atoms with Crippen LogP contribution in [-0.2, 0) is 0 Å². The average molecular weight is 456 g/mol. The van der Waals surface area contributed by atoms with Crippen LogP contribution in [-0.4, -0.2) is 24.4 Å². The van der Waals surface area contributed by atoms with Gasteiger partial charge in [0.15, 0.2) is 0 Å². The molecule has 3 heterocycles. The molecule has 0 spiro atoms. The summed E-state index contributed by atoms with van der Waals surface area (Å²) in [5.74, 6) is 0. The first-order chi connectivity index (χ1) is 15.8. The van der Waals surface area contributed by atoms with E-state index in [0.717, 1.165) is 45.0 Å². The monoisotopic (exact) mass is 455 g/mol. The number of aryl methyl sites for hydroxylation is 4. The minimum Gasteiger partial charge on any atom is -0.266 e. The van der Waals surface area contributed by atoms with Gasteiger partial charge in [-0.05, 0) is 57.0 Å². The standard InChI is InChI=1S/C25H21N5O2S/c1-14-10-15(2)21(16(3)11-14)22-18(13-29(28-22)19-8-6-5-7-9-19)12-20-24(32)30-25(33-20)26-23(31)17(4)27-30/h5-13H,1-4H3/b20-12-. The van der Waals surface area contributed by atoms with Gasteiger partial charge in [0.05, 0.1) is 10.2 Å². The lowest BCUT2D eigenvalue weighted by atomic mass is 9.95. The molecule has 0 saturated carbocycles. The minimum atomic E-state index is -0.425. The number of para-hydroxylation sites is 1. The predicted molar refractivity (Wildman–Crippen MR) is 130 cm³/mol. The Bertz CT molecular complexity index is 1670. The smallest absolute Gasteiger partial charge is 0.266 e. The highest BCUT2D eigenvalue weighted by atomic mass is 32.1. The molecule has 5 aromatic rings. The third-order valence-corrected chi connectivity index (χ3v) is 6.47. The molecule has 0 fully saturated rings. The molecule has 0 unspecified atom stereocenters. The van der Waals surface area contributed by atoms with Crippen LogP contribution >= 0.6 is 11.3 Å². The molecule has 0 aliphatic carbocycles. The third kappa shape index (κ3) is 3.68. The predicted octanol–water partition coefficient (Wildman–Crippen LogP) is 3.15. The highest BCUT2D eigenvalue weighted by Crippen LogP contribution is 2.31. The molecule has 0 aliphatic heterocycles. The second-order valence-electron chi connectivity index (χ2n) is 8.10. The highest BCUT2D eigenvalue weighted by molar-refractivity contribution is 7.15. The summed E-state index contributed by atoms with van der Waals surface area (Å²) in [5, 5.41) is 9.02. The van der Waals surface area contributed by atoms with Crippen LogP contribution in [0, 0.1) is 27.7 Å². The van der Waals surface area contributed by atoms with Crippen molar-refractivity contribution in [1.29, 1.82) is 0 Å². The van der Waals surface area contributed by atoms with E-state index in [1.165, 1.54) is 10.1 Å². The highest BCUT2D eigenvalue weighted by Gasteiger charge is 2.17. The maximum absolute atomic E-state index is 13.0. The van der Waals surface area contributed by atoms with E-state index in [9.17, 15) is 9.59 Å². The number of fused-ring (bicyclic) bond motifs is 1. The zero-order valence-corrected chi connectivity index (χ0v) is 19.5. The van der Waals surface area contributed by atoms with Gasteiger partial charge in [0.1, 0.15) is 11.4 Å². The van der Waals surface area contributed by atoms with Gasteiger partial charge < -0.3 is 0 Å². The number of hydrogen-bond acceptors (Lipinski definition) is 6. The molecular formula is C25H21N5O2S. The molecule has 164 valence electrons. The molecule has 0 amide bonds. The lowest BCUT2D eigenvalue weighted by Gasteiger charge is -2.10. The van der Waals surface area contributed by atoms with E-state index in [-0.39, 0.29) is 16.2 Å². The van der Waals surface area contributed by atoms with Crippen molar-refractivity contribution < 1.29 is 0 Å². The number of thiazole rings is 1. The van der Waals surface area contributed by atoms with Crippen LogP contribution in [0.4, 0.5) is 0 Å². The Morgan fingerprint density at radius 3 is 2.33 bits per heavy atom. The Labute approximate surface area is 193 Å². The summed E-state index contributed by atoms with van der Waals surface area (Å²) in [6.45, 7) is 7.76. The van der Waals surface area contributed by atoms with Gasteiger partial charge in [0.25, 0.3) is 11.1 Å². The Kier molecular flexibility index (Phi) is 5.02. The molecule has 33 heavy (non-hydrogen) atoms. The first-order valence-electron chi connectivity index (χ1n) is 10.5. The number of rotatable bonds is 3. The van der Waals surface area contributed by atoms with E-state index < -0.39 is 5.56 Å². The lowest BCUT2D eigenvalue weighted by Crippen LogP contribution is -2.27. The third-order valence-electron chi connectivity index (χ3n) is 5.51. The molecule has 0 radical (unpaired) electrons. The van der Waals surface area contributed by atoms with Gasteiger partial charge in [-0.25, -0.2) is 4.68 Å². The zero-order valence-electron chi connectivity index (χ0n) is 18.7. The summed E-state index contributed by atoms with van der Waals surface area (Å²) in [7, 11) is 0. The van der Waals surface area contributed by atoms with Crippen LogP contribution in [0.1, 0.15) is 27.9 Å². The normalized spacial score (nSPS) is 12.1. The Morgan fingerprint density at radius 1 is 0.939 bits per heavy atom. The number of aromatic nitrogens is 5. The lowest BCUT2D eigenvalue weighted by molar-refractivity contribution is 0.833. The fourth-order valence-corrected chi connectivity index (χ4v) is 4.98. The van der Waals surface area contributed by atoms with Gasteiger partial charge >= 0.3 is 0 Å². The van der Waals surface area contributed by atoms with Gasteiger partial charge in [-0.2, -0.15) is 19.7 Å². The summed E-state index contributed by atoms with van der Waals surface area (Å²) in [5.41, 5.74) is 6.43. The van der Waals surface area contributed by atoms with Gasteiger partial charge in [-0.3, -0.25) is 9.59 Å². The van der Waals surface area contributed by atoms with Crippen LogP contribution in [0.25, 0.3) is 28.0 Å². The van der Waals surface area contributed by atoms with E-state index in [1.807, 2.05) is 47.3 Å². The van der Waals surface area contributed by atoms with Gasteiger partial charge in [0.2, 0.25) is 4.96 Å². The largest absolute Gasteiger partial charge is 0.295 e. The van der Waals surface area contributed by atoms with E-state index in [2.05, 4.69) is 43.0 Å². The summed E-state index contributed by atoms with van der Waals surface area (Å²) < 4.78 is 3.45. The Balaban J connectivity index is 1.80. The molecule has 0 saturated heterocycles. The van der Waals surface area contributed by atoms with E-state index in [0.29, 0.717) is 4.53 Å². The van der Waals surface area contributed by atoms with Gasteiger partial charge in [0, 0.05) is 17.3 Å². The quantitative estimate of drug-likeness (QED) is 0.417. The maximum atomic E-state index is 13.0. The van der Waals surface area contributed by atoms with Crippen molar-refractivity contribution in [3.63, 3.8) is 0 Å². The molecule has 2 aromatic carbocycles. The first kappa shape index (κ1) is 21.0. The van der Waals surface area contributed by atoms with Crippen LogP contribution in [0.15, 0.2) is 58.3 Å². The molecule has 0 atom stereocenters. The summed E-state index contributed by atoms with van der Waals surface area (Å²) in [6, 6.07) is 14.1. The molecule has 0 N–H and O–H groups in total. The van der Waals surface area contributed by atoms with Crippen molar-refractivity contribution in [2.75, 3.05) is 0 Å². The molecule has 0 bridgehead atoms. The molecule has 5 rings (SSSR count). The van der Waals surface area contributed by atoms with Crippen molar-refractivity contribution in [2.24, 2.45) is 0 Å². The zero-order chi connectivity index (χ0) is 23.3. The number of hydrogen-bond donors (Lipinski definition) is 0. The fraction of sp³-hybridized carbons (Fsp3) is 0.160. The van der Waals surface area contributed by atoms with E-state index >= 15 is 0 Å². The average Bonchev–Trinajstić information content (AvgIpc) is 3.30. The summed E-state index contributed by atoms with van der Waals surface area (Å²) in [4.78, 5) is 29.2. The van der Waals surface area contributed by atoms with E-state index in [1.54, 1.807) is 6.92 Å². The van der Waals surface area contributed by atoms with Crippen LogP contribution in [0.3, 0.4) is 0 Å². The van der Waals surface area contributed by atoms with Crippen molar-refractivity contribution in [3.05, 3.63) is 102 Å².